The second-order valence-corrected chi connectivity index (χ2v) is 16.4. The normalized spacial score (nSPS) is 16.9. The Morgan fingerprint density at radius 3 is 2.20 bits per heavy atom. The van der Waals surface area contributed by atoms with Gasteiger partial charge in [-0.1, -0.05) is 12.1 Å². The summed E-state index contributed by atoms with van der Waals surface area (Å²) in [5.41, 5.74) is -0.244. The van der Waals surface area contributed by atoms with Crippen molar-refractivity contribution in [3.8, 4) is 31.7 Å². The lowest BCUT2D eigenvalue weighted by molar-refractivity contribution is -0.267. The fourth-order valence-electron chi connectivity index (χ4n) is 6.34. The van der Waals surface area contributed by atoms with Gasteiger partial charge in [-0.2, -0.15) is 26.3 Å². The zero-order valence-corrected chi connectivity index (χ0v) is 32.5. The summed E-state index contributed by atoms with van der Waals surface area (Å²) < 4.78 is 115. The summed E-state index contributed by atoms with van der Waals surface area (Å²) in [6, 6.07) is 18.5. The van der Waals surface area contributed by atoms with Gasteiger partial charge < -0.3 is 28.6 Å². The van der Waals surface area contributed by atoms with Gasteiger partial charge in [0, 0.05) is 44.6 Å². The van der Waals surface area contributed by atoms with Crippen LogP contribution in [-0.2, 0) is 27.2 Å². The molecule has 55 heavy (non-hydrogen) atoms. The molecule has 0 fully saturated rings. The largest absolute Gasteiger partial charge is 0.497 e. The number of aryl methyl sites for hydroxylation is 1. The lowest BCUT2D eigenvalue weighted by Gasteiger charge is -2.27. The molecule has 1 aliphatic heterocycles. The van der Waals surface area contributed by atoms with Gasteiger partial charge in [-0.05, 0) is 99.3 Å². The number of fused-ring (bicyclic) bond motifs is 2. The predicted molar refractivity (Wildman–Crippen MR) is 200 cm³/mol. The van der Waals surface area contributed by atoms with E-state index in [0.717, 1.165) is 33.1 Å². The van der Waals surface area contributed by atoms with Crippen LogP contribution in [-0.4, -0.2) is 74.4 Å². The number of rotatable bonds is 13. The molecule has 2 aromatic heterocycles. The Kier molecular flexibility index (Phi) is 11.6. The number of carbonyl (C=O) groups excluding carboxylic acids is 1. The van der Waals surface area contributed by atoms with Crippen molar-refractivity contribution in [1.82, 2.24) is 4.90 Å². The van der Waals surface area contributed by atoms with Crippen molar-refractivity contribution in [1.29, 1.82) is 0 Å². The first-order valence-electron chi connectivity index (χ1n) is 17.6. The smallest absolute Gasteiger partial charge is 0.410 e. The molecule has 296 valence electrons. The first kappa shape index (κ1) is 40.5. The van der Waals surface area contributed by atoms with Gasteiger partial charge in [0.15, 0.2) is 5.76 Å². The summed E-state index contributed by atoms with van der Waals surface area (Å²) >= 11 is 2.47. The number of methoxy groups -OCH3 is 1. The molecule has 0 unspecified atom stereocenters. The van der Waals surface area contributed by atoms with Gasteiger partial charge in [-0.15, -0.1) is 22.7 Å². The van der Waals surface area contributed by atoms with E-state index in [2.05, 4.69) is 0 Å². The van der Waals surface area contributed by atoms with Gasteiger partial charge in [0.05, 0.1) is 32.4 Å². The molecule has 0 saturated heterocycles. The average Bonchev–Trinajstić information content (AvgIpc) is 3.70. The molecule has 0 bridgehead atoms. The highest BCUT2D eigenvalue weighted by molar-refractivity contribution is 7.24. The number of hydrogen-bond acceptors (Lipinski definition) is 8. The SMILES string of the molecule is COc1ccc(COCCCN(CCOc2ccc(-c3ccc(-c4sc(C)c5c4CCOC4=C5C(F)(F)C(F)(F)C4(F)F)s3)cc2)C(=O)OC(C)(C)C)cc1. The Hall–Kier alpha value is -4.21. The van der Waals surface area contributed by atoms with E-state index in [1.807, 2.05) is 42.5 Å². The van der Waals surface area contributed by atoms with E-state index in [0.29, 0.717) is 47.2 Å². The number of halogens is 6. The van der Waals surface area contributed by atoms with Crippen LogP contribution < -0.4 is 9.47 Å². The number of thiophene rings is 2. The lowest BCUT2D eigenvalue weighted by Crippen LogP contribution is -2.49. The van der Waals surface area contributed by atoms with Crippen LogP contribution in [0, 0.1) is 6.92 Å². The second kappa shape index (κ2) is 15.7. The maximum Gasteiger partial charge on any atom is 0.410 e. The van der Waals surface area contributed by atoms with Crippen molar-refractivity contribution in [2.24, 2.45) is 0 Å². The monoisotopic (exact) mass is 809 g/mol. The summed E-state index contributed by atoms with van der Waals surface area (Å²) in [6.07, 6.45) is 0.138. The quantitative estimate of drug-likeness (QED) is 0.0990. The minimum absolute atomic E-state index is 0.00271. The lowest BCUT2D eigenvalue weighted by atomic mass is 9.95. The van der Waals surface area contributed by atoms with E-state index in [-0.39, 0.29) is 30.0 Å². The highest BCUT2D eigenvalue weighted by atomic mass is 32.1. The van der Waals surface area contributed by atoms with Crippen molar-refractivity contribution < 1.29 is 54.8 Å². The number of nitrogens with zero attached hydrogens (tertiary/aromatic N) is 1. The third-order valence-electron chi connectivity index (χ3n) is 9.04. The van der Waals surface area contributed by atoms with Crippen molar-refractivity contribution in [3.05, 3.63) is 88.0 Å². The number of amides is 1. The molecule has 0 spiro atoms. The summed E-state index contributed by atoms with van der Waals surface area (Å²) in [5, 5.41) is 0. The molecule has 2 aliphatic rings. The average molecular weight is 810 g/mol. The first-order valence-corrected chi connectivity index (χ1v) is 19.2. The molecule has 3 heterocycles. The van der Waals surface area contributed by atoms with Crippen molar-refractivity contribution in [2.75, 3.05) is 40.0 Å². The zero-order valence-electron chi connectivity index (χ0n) is 30.9. The maximum absolute atomic E-state index is 15.0. The Labute approximate surface area is 323 Å². The molecule has 1 amide bonds. The van der Waals surface area contributed by atoms with Crippen LogP contribution in [0.4, 0.5) is 31.1 Å². The molecule has 1 aliphatic carbocycles. The van der Waals surface area contributed by atoms with Crippen LogP contribution in [0.1, 0.15) is 48.8 Å². The van der Waals surface area contributed by atoms with Gasteiger partial charge in [-0.3, -0.25) is 0 Å². The van der Waals surface area contributed by atoms with Crippen LogP contribution in [0.15, 0.2) is 66.4 Å². The molecular formula is C40H41F6NO6S2. The van der Waals surface area contributed by atoms with Gasteiger partial charge >= 0.3 is 23.9 Å². The van der Waals surface area contributed by atoms with E-state index in [1.54, 1.807) is 51.0 Å². The standard InChI is InChI=1S/C40H41F6NO6S2/c1-24-32-29(17-21-52-35-33(32)38(41,42)40(45,46)39(35,43)44)34(54-24)31-16-15-30(55-31)26-9-13-28(14-10-26)51-22-19-47(36(48)53-37(2,3)4)18-6-20-50-23-25-7-11-27(49-5)12-8-25/h7-16H,6,17-23H2,1-5H3. The van der Waals surface area contributed by atoms with Gasteiger partial charge in [0.25, 0.3) is 0 Å². The molecular weight excluding hydrogens is 769 g/mol. The number of carbonyl (C=O) groups is 1. The zero-order chi connectivity index (χ0) is 39.8. The van der Waals surface area contributed by atoms with Crippen molar-refractivity contribution in [3.63, 3.8) is 0 Å². The summed E-state index contributed by atoms with van der Waals surface area (Å²) in [4.78, 5) is 16.9. The van der Waals surface area contributed by atoms with Crippen LogP contribution in [0.5, 0.6) is 11.5 Å². The summed E-state index contributed by atoms with van der Waals surface area (Å²) in [5.74, 6) is -16.2. The van der Waals surface area contributed by atoms with Crippen molar-refractivity contribution in [2.45, 2.75) is 70.5 Å². The van der Waals surface area contributed by atoms with E-state index < -0.39 is 47.4 Å². The molecule has 15 heteroatoms. The first-order chi connectivity index (χ1) is 25.9. The summed E-state index contributed by atoms with van der Waals surface area (Å²) in [6.45, 7) is 8.19. The van der Waals surface area contributed by atoms with Gasteiger partial charge in [-0.25, -0.2) is 4.79 Å². The number of benzene rings is 2. The van der Waals surface area contributed by atoms with Gasteiger partial charge in [0.2, 0.25) is 0 Å². The highest BCUT2D eigenvalue weighted by Crippen LogP contribution is 2.64. The van der Waals surface area contributed by atoms with Crippen LogP contribution in [0.3, 0.4) is 0 Å². The van der Waals surface area contributed by atoms with Crippen LogP contribution >= 0.6 is 22.7 Å². The number of allylic oxidation sites excluding steroid dienone is 2. The number of ether oxygens (including phenoxy) is 5. The van der Waals surface area contributed by atoms with E-state index in [9.17, 15) is 22.4 Å². The fraction of sp³-hybridized carbons (Fsp3) is 0.425. The summed E-state index contributed by atoms with van der Waals surface area (Å²) in [7, 11) is 1.61. The molecule has 2 aromatic carbocycles. The third kappa shape index (κ3) is 8.20. The van der Waals surface area contributed by atoms with Gasteiger partial charge in [0.1, 0.15) is 23.7 Å². The van der Waals surface area contributed by atoms with E-state index >= 15 is 8.78 Å². The van der Waals surface area contributed by atoms with Crippen LogP contribution in [0.2, 0.25) is 0 Å². The third-order valence-corrected chi connectivity index (χ3v) is 11.5. The fourth-order valence-corrected chi connectivity index (χ4v) is 8.69. The molecule has 6 rings (SSSR count). The highest BCUT2D eigenvalue weighted by Gasteiger charge is 2.82. The molecule has 0 atom stereocenters. The molecule has 0 radical (unpaired) electrons. The number of alkyl halides is 6. The molecule has 0 N–H and O–H groups in total. The maximum atomic E-state index is 15.0. The Balaban J connectivity index is 1.08. The Morgan fingerprint density at radius 1 is 0.855 bits per heavy atom. The van der Waals surface area contributed by atoms with Crippen LogP contribution in [0.25, 0.3) is 25.8 Å². The molecule has 7 nitrogen and oxygen atoms in total. The van der Waals surface area contributed by atoms with E-state index in [1.165, 1.54) is 18.3 Å². The van der Waals surface area contributed by atoms with Crippen molar-refractivity contribution >= 4 is 34.3 Å². The van der Waals surface area contributed by atoms with E-state index in [4.69, 9.17) is 23.7 Å². The number of hydrogen-bond donors (Lipinski definition) is 0. The predicted octanol–water partition coefficient (Wildman–Crippen LogP) is 10.9. The molecule has 4 aromatic rings. The molecule has 0 saturated carbocycles. The second-order valence-electron chi connectivity index (χ2n) is 14.1. The topological polar surface area (TPSA) is 66.5 Å². The minimum Gasteiger partial charge on any atom is -0.497 e. The Morgan fingerprint density at radius 2 is 1.53 bits per heavy atom. The Bertz CT molecular complexity index is 2020. The minimum atomic E-state index is -5.62.